The van der Waals surface area contributed by atoms with Gasteiger partial charge in [-0.15, -0.1) is 0 Å². The van der Waals surface area contributed by atoms with Crippen LogP contribution in [0.25, 0.3) is 0 Å². The minimum atomic E-state index is 0.925. The SMILES string of the molecule is CCC#CC1=CC=CCN1C. The normalized spacial score (nSPS) is 15.5. The van der Waals surface area contributed by atoms with E-state index in [1.54, 1.807) is 0 Å². The zero-order valence-electron chi connectivity index (χ0n) is 7.09. The Morgan fingerprint density at radius 1 is 1.64 bits per heavy atom. The molecule has 0 fully saturated rings. The van der Waals surface area contributed by atoms with Crippen LogP contribution >= 0.6 is 0 Å². The molecule has 0 saturated heterocycles. The monoisotopic (exact) mass is 147 g/mol. The molecule has 0 aromatic heterocycles. The molecule has 11 heavy (non-hydrogen) atoms. The summed E-state index contributed by atoms with van der Waals surface area (Å²) in [6.07, 6.45) is 7.15. The van der Waals surface area contributed by atoms with Crippen molar-refractivity contribution in [1.29, 1.82) is 0 Å². The smallest absolute Gasteiger partial charge is 0.0879 e. The summed E-state index contributed by atoms with van der Waals surface area (Å²) in [6.45, 7) is 3.04. The lowest BCUT2D eigenvalue weighted by Crippen LogP contribution is -2.18. The second-order valence-electron chi connectivity index (χ2n) is 2.52. The fraction of sp³-hybridized carbons (Fsp3) is 0.400. The Morgan fingerprint density at radius 2 is 2.45 bits per heavy atom. The van der Waals surface area contributed by atoms with Crippen LogP contribution < -0.4 is 0 Å². The highest BCUT2D eigenvalue weighted by molar-refractivity contribution is 5.33. The van der Waals surface area contributed by atoms with Crippen molar-refractivity contribution in [2.75, 3.05) is 13.6 Å². The van der Waals surface area contributed by atoms with E-state index in [4.69, 9.17) is 0 Å². The molecule has 0 N–H and O–H groups in total. The van der Waals surface area contributed by atoms with Gasteiger partial charge in [0.05, 0.1) is 5.70 Å². The van der Waals surface area contributed by atoms with Crippen molar-refractivity contribution in [3.63, 3.8) is 0 Å². The van der Waals surface area contributed by atoms with E-state index in [1.807, 2.05) is 6.08 Å². The second kappa shape index (κ2) is 3.88. The lowest BCUT2D eigenvalue weighted by Gasteiger charge is -2.18. The highest BCUT2D eigenvalue weighted by Crippen LogP contribution is 2.04. The van der Waals surface area contributed by atoms with Gasteiger partial charge in [0.15, 0.2) is 0 Å². The highest BCUT2D eigenvalue weighted by atomic mass is 15.1. The highest BCUT2D eigenvalue weighted by Gasteiger charge is 2.00. The second-order valence-corrected chi connectivity index (χ2v) is 2.52. The average Bonchev–Trinajstić information content (AvgIpc) is 2.03. The summed E-state index contributed by atoms with van der Waals surface area (Å²) in [5.74, 6) is 6.16. The van der Waals surface area contributed by atoms with Crippen molar-refractivity contribution in [2.24, 2.45) is 0 Å². The molecule has 1 aliphatic rings. The lowest BCUT2D eigenvalue weighted by molar-refractivity contribution is 0.479. The molecule has 1 heteroatoms. The number of likely N-dealkylation sites (N-methyl/N-ethyl adjacent to an activating group) is 1. The summed E-state index contributed by atoms with van der Waals surface area (Å²) in [5, 5.41) is 0. The maximum atomic E-state index is 3.11. The van der Waals surface area contributed by atoms with Gasteiger partial charge in [0.1, 0.15) is 0 Å². The predicted molar refractivity (Wildman–Crippen MR) is 47.9 cm³/mol. The van der Waals surface area contributed by atoms with E-state index in [-0.39, 0.29) is 0 Å². The number of allylic oxidation sites excluding steroid dienone is 3. The lowest BCUT2D eigenvalue weighted by atomic mass is 10.2. The van der Waals surface area contributed by atoms with Crippen LogP contribution in [0, 0.1) is 11.8 Å². The molecule has 0 aliphatic carbocycles. The van der Waals surface area contributed by atoms with Crippen LogP contribution in [-0.2, 0) is 0 Å². The summed E-state index contributed by atoms with van der Waals surface area (Å²) in [7, 11) is 2.06. The van der Waals surface area contributed by atoms with Crippen LogP contribution in [0.15, 0.2) is 23.9 Å². The van der Waals surface area contributed by atoms with Gasteiger partial charge in [-0.1, -0.05) is 25.0 Å². The first-order chi connectivity index (χ1) is 5.34. The Morgan fingerprint density at radius 3 is 3.09 bits per heavy atom. The molecule has 0 atom stereocenters. The topological polar surface area (TPSA) is 3.24 Å². The largest absolute Gasteiger partial charge is 0.364 e. The molecule has 0 amide bonds. The van der Waals surface area contributed by atoms with Crippen LogP contribution in [0.5, 0.6) is 0 Å². The maximum Gasteiger partial charge on any atom is 0.0879 e. The van der Waals surface area contributed by atoms with Gasteiger partial charge in [0.25, 0.3) is 0 Å². The predicted octanol–water partition coefficient (Wildman–Crippen LogP) is 1.79. The summed E-state index contributed by atoms with van der Waals surface area (Å²) >= 11 is 0. The molecule has 1 heterocycles. The van der Waals surface area contributed by atoms with Gasteiger partial charge in [-0.2, -0.15) is 0 Å². The standard InChI is InChI=1S/C10H13N/c1-3-4-7-10-8-5-6-9-11(10)2/h5-6,8H,3,9H2,1-2H3. The van der Waals surface area contributed by atoms with Gasteiger partial charge < -0.3 is 4.90 Å². The van der Waals surface area contributed by atoms with Gasteiger partial charge in [-0.05, 0) is 12.0 Å². The third-order valence-electron chi connectivity index (χ3n) is 1.57. The minimum absolute atomic E-state index is 0.925. The molecule has 0 spiro atoms. The molecule has 0 unspecified atom stereocenters. The Labute approximate surface area is 68.4 Å². The Kier molecular flexibility index (Phi) is 2.80. The van der Waals surface area contributed by atoms with Crippen molar-refractivity contribution < 1.29 is 0 Å². The number of rotatable bonds is 0. The van der Waals surface area contributed by atoms with Crippen LogP contribution in [0.4, 0.5) is 0 Å². The quantitative estimate of drug-likeness (QED) is 0.472. The van der Waals surface area contributed by atoms with E-state index in [1.165, 1.54) is 0 Å². The van der Waals surface area contributed by atoms with Crippen molar-refractivity contribution in [3.05, 3.63) is 23.9 Å². The summed E-state index contributed by atoms with van der Waals surface area (Å²) in [5.41, 5.74) is 1.12. The molecular formula is C10H13N. The fourth-order valence-corrected chi connectivity index (χ4v) is 0.920. The molecule has 1 nitrogen and oxygen atoms in total. The van der Waals surface area contributed by atoms with Gasteiger partial charge in [0, 0.05) is 20.0 Å². The Balaban J connectivity index is 2.68. The van der Waals surface area contributed by atoms with Gasteiger partial charge in [-0.25, -0.2) is 0 Å². The third kappa shape index (κ3) is 2.16. The molecule has 58 valence electrons. The summed E-state index contributed by atoms with van der Waals surface area (Å²) in [6, 6.07) is 0. The Bertz CT molecular complexity index is 237. The van der Waals surface area contributed by atoms with Crippen LogP contribution in [0.2, 0.25) is 0 Å². The maximum absolute atomic E-state index is 3.11. The van der Waals surface area contributed by atoms with Crippen LogP contribution in [0.1, 0.15) is 13.3 Å². The Hall–Kier alpha value is -1.16. The van der Waals surface area contributed by atoms with Crippen molar-refractivity contribution >= 4 is 0 Å². The minimum Gasteiger partial charge on any atom is -0.364 e. The molecule has 0 radical (unpaired) electrons. The van der Waals surface area contributed by atoms with Gasteiger partial charge in [0.2, 0.25) is 0 Å². The number of hydrogen-bond acceptors (Lipinski definition) is 1. The zero-order valence-corrected chi connectivity index (χ0v) is 7.09. The van der Waals surface area contributed by atoms with Gasteiger partial charge >= 0.3 is 0 Å². The molecule has 0 bridgehead atoms. The van der Waals surface area contributed by atoms with E-state index in [9.17, 15) is 0 Å². The first-order valence-electron chi connectivity index (χ1n) is 3.91. The summed E-state index contributed by atoms with van der Waals surface area (Å²) in [4.78, 5) is 2.14. The third-order valence-corrected chi connectivity index (χ3v) is 1.57. The van der Waals surface area contributed by atoms with Crippen LogP contribution in [0.3, 0.4) is 0 Å². The van der Waals surface area contributed by atoms with Crippen molar-refractivity contribution in [2.45, 2.75) is 13.3 Å². The fourth-order valence-electron chi connectivity index (χ4n) is 0.920. The van der Waals surface area contributed by atoms with E-state index >= 15 is 0 Å². The molecule has 0 saturated carbocycles. The van der Waals surface area contributed by atoms with Crippen molar-refractivity contribution in [1.82, 2.24) is 4.90 Å². The summed E-state index contributed by atoms with van der Waals surface area (Å²) < 4.78 is 0. The van der Waals surface area contributed by atoms with E-state index < -0.39 is 0 Å². The first-order valence-corrected chi connectivity index (χ1v) is 3.91. The van der Waals surface area contributed by atoms with E-state index in [0.29, 0.717) is 0 Å². The van der Waals surface area contributed by atoms with Gasteiger partial charge in [-0.3, -0.25) is 0 Å². The molecule has 0 aromatic rings. The first kappa shape index (κ1) is 7.94. The molecule has 1 rings (SSSR count). The van der Waals surface area contributed by atoms with E-state index in [0.717, 1.165) is 18.7 Å². The van der Waals surface area contributed by atoms with Crippen molar-refractivity contribution in [3.8, 4) is 11.8 Å². The molecular weight excluding hydrogens is 134 g/mol. The average molecular weight is 147 g/mol. The van der Waals surface area contributed by atoms with E-state index in [2.05, 4.69) is 42.9 Å². The molecule has 0 aromatic carbocycles. The zero-order chi connectivity index (χ0) is 8.10. The number of hydrogen-bond donors (Lipinski definition) is 0. The van der Waals surface area contributed by atoms with Crippen LogP contribution in [-0.4, -0.2) is 18.5 Å². The molecule has 1 aliphatic heterocycles. The number of nitrogens with zero attached hydrogens (tertiary/aromatic N) is 1.